The Hall–Kier alpha value is -3.75. The number of amides is 3. The molecule has 0 aromatic carbocycles. The number of nitrogens with zero attached hydrogens (tertiary/aromatic N) is 3. The Morgan fingerprint density at radius 2 is 1.95 bits per heavy atom. The van der Waals surface area contributed by atoms with Crippen molar-refractivity contribution in [3.8, 4) is 0 Å². The molecule has 0 saturated carbocycles. The van der Waals surface area contributed by atoms with E-state index >= 15 is 0 Å². The summed E-state index contributed by atoms with van der Waals surface area (Å²) in [5.41, 5.74) is 4.20. The highest BCUT2D eigenvalue weighted by Crippen LogP contribution is 2.42. The van der Waals surface area contributed by atoms with E-state index in [9.17, 15) is 46.3 Å². The fourth-order valence-corrected chi connectivity index (χ4v) is 4.44. The van der Waals surface area contributed by atoms with Crippen LogP contribution in [0.25, 0.3) is 0 Å². The minimum Gasteiger partial charge on any atom is -0.447 e. The van der Waals surface area contributed by atoms with Gasteiger partial charge in [-0.05, 0) is 18.9 Å². The normalized spacial score (nSPS) is 24.2. The number of aliphatic hydroxyl groups excluding tert-OH is 1. The summed E-state index contributed by atoms with van der Waals surface area (Å²) in [5.74, 6) is -7.61. The molecule has 3 heterocycles. The molecule has 3 amide bonds. The number of aromatic nitrogens is 2. The van der Waals surface area contributed by atoms with Crippen LogP contribution in [-0.4, -0.2) is 93.1 Å². The van der Waals surface area contributed by atoms with E-state index in [2.05, 4.69) is 15.1 Å². The van der Waals surface area contributed by atoms with Crippen LogP contribution in [0, 0.1) is 0 Å². The summed E-state index contributed by atoms with van der Waals surface area (Å²) in [4.78, 5) is 67.0. The van der Waals surface area contributed by atoms with E-state index in [1.807, 2.05) is 0 Å². The first-order valence-corrected chi connectivity index (χ1v) is 13.1. The van der Waals surface area contributed by atoms with E-state index in [1.54, 1.807) is 0 Å². The minimum absolute atomic E-state index is 0.00761. The van der Waals surface area contributed by atoms with Crippen LogP contribution in [0.15, 0.2) is 17.1 Å². The Bertz CT molecular complexity index is 1320. The number of carbonyl (C=O) groups excluding carboxylic acids is 4. The van der Waals surface area contributed by atoms with E-state index < -0.39 is 82.3 Å². The van der Waals surface area contributed by atoms with Crippen LogP contribution in [0.4, 0.5) is 19.4 Å². The number of alkyl carbamates (subject to hydrolysis) is 1. The first-order chi connectivity index (χ1) is 18.6. The van der Waals surface area contributed by atoms with Crippen molar-refractivity contribution in [1.82, 2.24) is 19.9 Å². The second kappa shape index (κ2) is 12.2. The Labute approximate surface area is 223 Å². The maximum absolute atomic E-state index is 14.5. The van der Waals surface area contributed by atoms with Gasteiger partial charge in [-0.3, -0.25) is 18.7 Å². The average molecular weight is 598 g/mol. The van der Waals surface area contributed by atoms with Gasteiger partial charge in [-0.25, -0.2) is 14.4 Å². The number of hydrogen-bond donors (Lipinski definition) is 4. The van der Waals surface area contributed by atoms with Gasteiger partial charge in [-0.2, -0.15) is 22.2 Å². The zero-order chi connectivity index (χ0) is 29.8. The number of nitrogens with one attached hydrogen (secondary N) is 1. The van der Waals surface area contributed by atoms with Crippen molar-refractivity contribution in [2.24, 2.45) is 0 Å². The molecule has 20 heteroatoms. The Balaban J connectivity index is 1.34. The Kier molecular flexibility index (Phi) is 9.38. The molecule has 4 atom stereocenters. The van der Waals surface area contributed by atoms with Crippen molar-refractivity contribution in [3.63, 3.8) is 0 Å². The second-order valence-electron chi connectivity index (χ2n) is 8.72. The number of rotatable bonds is 11. The summed E-state index contributed by atoms with van der Waals surface area (Å²) in [6, 6.07) is 1.09. The van der Waals surface area contributed by atoms with Crippen molar-refractivity contribution >= 4 is 39.8 Å². The third-order valence-electron chi connectivity index (χ3n) is 5.80. The van der Waals surface area contributed by atoms with Crippen molar-refractivity contribution in [3.05, 3.63) is 22.7 Å². The lowest BCUT2D eigenvalue weighted by Gasteiger charge is -2.20. The van der Waals surface area contributed by atoms with E-state index in [-0.39, 0.29) is 30.3 Å². The number of alkyl halides is 2. The standard InChI is InChI=1S/C20H25F2N5O12S/c21-20(22)15(30)10(38-17(20)26-7-5-12(23)25-18(26)32)9-37-19(33)24-6-3-1-2-4-14(29)39-27-13(28)8-11(16(27)31)40(34,35)36/h5,7,10-11,15,17,30H,1-4,6,8-9H2,(H,24,33)(H2,23,25,32)(H,34,35,36)/t10-,11?,15+,17-/m1/s1. The molecule has 40 heavy (non-hydrogen) atoms. The largest absolute Gasteiger partial charge is 0.447 e. The fourth-order valence-electron chi connectivity index (χ4n) is 3.74. The molecule has 222 valence electrons. The number of nitrogen functional groups attached to an aromatic ring is 1. The number of halogens is 2. The number of hydrogen-bond acceptors (Lipinski definition) is 13. The van der Waals surface area contributed by atoms with Crippen molar-refractivity contribution in [2.75, 3.05) is 18.9 Å². The molecule has 3 rings (SSSR count). The summed E-state index contributed by atoms with van der Waals surface area (Å²) >= 11 is 0. The number of ether oxygens (including phenoxy) is 2. The lowest BCUT2D eigenvalue weighted by molar-refractivity contribution is -0.197. The summed E-state index contributed by atoms with van der Waals surface area (Å²) in [5, 5.41) is 10.2. The molecule has 17 nitrogen and oxygen atoms in total. The molecule has 5 N–H and O–H groups in total. The van der Waals surface area contributed by atoms with Crippen LogP contribution in [0.2, 0.25) is 0 Å². The maximum atomic E-state index is 14.5. The number of anilines is 1. The number of aliphatic hydroxyl groups is 1. The van der Waals surface area contributed by atoms with Crippen LogP contribution in [0.1, 0.15) is 38.3 Å². The smallest absolute Gasteiger partial charge is 0.407 e. The molecule has 0 bridgehead atoms. The van der Waals surface area contributed by atoms with Crippen molar-refractivity contribution in [2.45, 2.75) is 61.7 Å². The van der Waals surface area contributed by atoms with Gasteiger partial charge >= 0.3 is 23.7 Å². The van der Waals surface area contributed by atoms with Crippen LogP contribution in [-0.2, 0) is 38.8 Å². The lowest BCUT2D eigenvalue weighted by Crippen LogP contribution is -2.42. The van der Waals surface area contributed by atoms with E-state index in [0.29, 0.717) is 17.4 Å². The highest BCUT2D eigenvalue weighted by molar-refractivity contribution is 7.87. The molecule has 0 aliphatic carbocycles. The van der Waals surface area contributed by atoms with Gasteiger partial charge in [0.1, 0.15) is 18.5 Å². The minimum atomic E-state index is -4.84. The summed E-state index contributed by atoms with van der Waals surface area (Å²) in [6.07, 6.45) is -6.66. The third-order valence-corrected chi connectivity index (χ3v) is 6.89. The van der Waals surface area contributed by atoms with Gasteiger partial charge in [-0.1, -0.05) is 6.42 Å². The molecule has 0 radical (unpaired) electrons. The van der Waals surface area contributed by atoms with Crippen LogP contribution < -0.4 is 16.7 Å². The van der Waals surface area contributed by atoms with Gasteiger partial charge < -0.3 is 30.5 Å². The number of imide groups is 1. The molecular weight excluding hydrogens is 572 g/mol. The fraction of sp³-hybridized carbons (Fsp3) is 0.600. The second-order valence-corrected chi connectivity index (χ2v) is 10.3. The summed E-state index contributed by atoms with van der Waals surface area (Å²) < 4.78 is 70.4. The number of hydroxylamine groups is 2. The van der Waals surface area contributed by atoms with E-state index in [0.717, 1.165) is 12.3 Å². The van der Waals surface area contributed by atoms with Crippen molar-refractivity contribution in [1.29, 1.82) is 0 Å². The van der Waals surface area contributed by atoms with Gasteiger partial charge in [0.2, 0.25) is 6.23 Å². The molecule has 1 unspecified atom stereocenters. The Morgan fingerprint density at radius 3 is 2.58 bits per heavy atom. The van der Waals surface area contributed by atoms with Crippen LogP contribution in [0.3, 0.4) is 0 Å². The summed E-state index contributed by atoms with van der Waals surface area (Å²) in [7, 11) is -4.84. The zero-order valence-corrected chi connectivity index (χ0v) is 21.3. The SMILES string of the molecule is Nc1ccn([C@@H]2O[C@H](COC(=O)NCCCCCC(=O)ON3C(=O)CC(S(=O)(=O)O)C3=O)[C@H](O)C2(F)F)c(=O)n1. The molecule has 2 aliphatic heterocycles. The lowest BCUT2D eigenvalue weighted by atomic mass is 10.1. The van der Waals surface area contributed by atoms with E-state index in [4.69, 9.17) is 19.8 Å². The van der Waals surface area contributed by atoms with Gasteiger partial charge in [0.25, 0.3) is 21.9 Å². The van der Waals surface area contributed by atoms with Crippen LogP contribution >= 0.6 is 0 Å². The molecule has 1 aromatic rings. The van der Waals surface area contributed by atoms with Crippen LogP contribution in [0.5, 0.6) is 0 Å². The first kappa shape index (κ1) is 30.8. The zero-order valence-electron chi connectivity index (χ0n) is 20.5. The van der Waals surface area contributed by atoms with Gasteiger partial charge in [-0.15, -0.1) is 5.06 Å². The quantitative estimate of drug-likeness (QED) is 0.129. The topological polar surface area (TPSA) is 247 Å². The molecule has 2 aliphatic rings. The highest BCUT2D eigenvalue weighted by atomic mass is 32.2. The number of carbonyl (C=O) groups is 4. The molecule has 2 saturated heterocycles. The predicted octanol–water partition coefficient (Wildman–Crippen LogP) is -1.52. The molecule has 1 aromatic heterocycles. The first-order valence-electron chi connectivity index (χ1n) is 11.6. The molecule has 2 fully saturated rings. The highest BCUT2D eigenvalue weighted by Gasteiger charge is 2.60. The maximum Gasteiger partial charge on any atom is 0.407 e. The average Bonchev–Trinajstić information content (AvgIpc) is 3.26. The molecule has 0 spiro atoms. The van der Waals surface area contributed by atoms with E-state index in [1.165, 1.54) is 0 Å². The monoisotopic (exact) mass is 597 g/mol. The van der Waals surface area contributed by atoms with Gasteiger partial charge in [0.05, 0.1) is 6.42 Å². The van der Waals surface area contributed by atoms with Gasteiger partial charge in [0.15, 0.2) is 11.4 Å². The number of unbranched alkanes of at least 4 members (excludes halogenated alkanes) is 2. The number of nitrogens with two attached hydrogens (primary N) is 1. The molecular formula is C20H25F2N5O12S. The third kappa shape index (κ3) is 7.06. The van der Waals surface area contributed by atoms with Gasteiger partial charge in [0, 0.05) is 19.2 Å². The Morgan fingerprint density at radius 1 is 1.25 bits per heavy atom. The van der Waals surface area contributed by atoms with Crippen molar-refractivity contribution < 1.29 is 60.3 Å². The summed E-state index contributed by atoms with van der Waals surface area (Å²) in [6.45, 7) is -0.735. The predicted molar refractivity (Wildman–Crippen MR) is 123 cm³/mol.